The first-order valence-corrected chi connectivity index (χ1v) is 8.95. The van der Waals surface area contributed by atoms with Crippen LogP contribution in [-0.4, -0.2) is 68.3 Å². The normalized spacial score (nSPS) is 22.4. The topological polar surface area (TPSA) is 42.0 Å². The number of amides is 1. The molecule has 132 valence electrons. The van der Waals surface area contributed by atoms with Crippen LogP contribution in [0.25, 0.3) is 0 Å². The number of nitrogens with zero attached hydrogens (tertiary/aromatic N) is 2. The molecule has 1 atom stereocenters. The number of hydrogen-bond donors (Lipinski definition) is 0. The molecule has 2 fully saturated rings. The second-order valence-corrected chi connectivity index (χ2v) is 6.71. The van der Waals surface area contributed by atoms with E-state index in [1.807, 2.05) is 25.1 Å². The summed E-state index contributed by atoms with van der Waals surface area (Å²) in [5, 5.41) is 0. The van der Waals surface area contributed by atoms with E-state index >= 15 is 0 Å². The quantitative estimate of drug-likeness (QED) is 0.849. The largest absolute Gasteiger partial charge is 0.496 e. The van der Waals surface area contributed by atoms with E-state index < -0.39 is 0 Å². The van der Waals surface area contributed by atoms with Crippen LogP contribution in [0.1, 0.15) is 35.2 Å². The molecule has 0 aromatic heterocycles. The second-order valence-electron chi connectivity index (χ2n) is 6.71. The zero-order valence-corrected chi connectivity index (χ0v) is 14.8. The van der Waals surface area contributed by atoms with E-state index in [0.717, 1.165) is 57.8 Å². The average Bonchev–Trinajstić information content (AvgIpc) is 2.62. The highest BCUT2D eigenvalue weighted by Crippen LogP contribution is 2.27. The van der Waals surface area contributed by atoms with Gasteiger partial charge in [0, 0.05) is 32.2 Å². The van der Waals surface area contributed by atoms with Crippen molar-refractivity contribution in [2.45, 2.75) is 32.2 Å². The standard InChI is InChI=1S/C19H28N2O3/c1-15-6-5-8-17(23-2)18(15)19(22)21-9-4-3-7-16(21)14-20-10-12-24-13-11-20/h5-6,8,16H,3-4,7,9-14H2,1-2H3. The number of aryl methyl sites for hydroxylation is 1. The van der Waals surface area contributed by atoms with Crippen LogP contribution in [0.2, 0.25) is 0 Å². The fraction of sp³-hybridized carbons (Fsp3) is 0.632. The minimum Gasteiger partial charge on any atom is -0.496 e. The van der Waals surface area contributed by atoms with Gasteiger partial charge in [0.2, 0.25) is 0 Å². The van der Waals surface area contributed by atoms with Crippen molar-refractivity contribution in [3.05, 3.63) is 29.3 Å². The lowest BCUT2D eigenvalue weighted by atomic mass is 9.98. The lowest BCUT2D eigenvalue weighted by Gasteiger charge is -2.40. The number of hydrogen-bond acceptors (Lipinski definition) is 4. The zero-order chi connectivity index (χ0) is 16.9. The Bertz CT molecular complexity index is 570. The molecule has 2 saturated heterocycles. The number of ether oxygens (including phenoxy) is 2. The van der Waals surface area contributed by atoms with Crippen LogP contribution in [0.15, 0.2) is 18.2 Å². The van der Waals surface area contributed by atoms with Gasteiger partial charge in [0.15, 0.2) is 0 Å². The summed E-state index contributed by atoms with van der Waals surface area (Å²) in [5.74, 6) is 0.790. The molecule has 3 rings (SSSR count). The molecular formula is C19H28N2O3. The maximum Gasteiger partial charge on any atom is 0.258 e. The van der Waals surface area contributed by atoms with E-state index in [9.17, 15) is 4.79 Å². The third-order valence-corrected chi connectivity index (χ3v) is 5.13. The molecule has 0 saturated carbocycles. The fourth-order valence-corrected chi connectivity index (χ4v) is 3.77. The second kappa shape index (κ2) is 7.99. The van der Waals surface area contributed by atoms with Gasteiger partial charge in [-0.15, -0.1) is 0 Å². The summed E-state index contributed by atoms with van der Waals surface area (Å²) in [5.41, 5.74) is 1.70. The van der Waals surface area contributed by atoms with Crippen molar-refractivity contribution in [2.75, 3.05) is 46.5 Å². The van der Waals surface area contributed by atoms with E-state index in [1.165, 1.54) is 6.42 Å². The Labute approximate surface area is 144 Å². The fourth-order valence-electron chi connectivity index (χ4n) is 3.77. The Morgan fingerprint density at radius 2 is 2.04 bits per heavy atom. The molecule has 5 nitrogen and oxygen atoms in total. The van der Waals surface area contributed by atoms with Crippen molar-refractivity contribution >= 4 is 5.91 Å². The van der Waals surface area contributed by atoms with Crippen molar-refractivity contribution in [1.29, 1.82) is 0 Å². The summed E-state index contributed by atoms with van der Waals surface area (Å²) < 4.78 is 10.9. The molecule has 1 unspecified atom stereocenters. The summed E-state index contributed by atoms with van der Waals surface area (Å²) in [4.78, 5) is 17.8. The molecule has 0 radical (unpaired) electrons. The molecule has 1 aromatic rings. The Kier molecular flexibility index (Phi) is 5.74. The molecule has 0 aliphatic carbocycles. The molecular weight excluding hydrogens is 304 g/mol. The van der Waals surface area contributed by atoms with Crippen molar-refractivity contribution in [3.63, 3.8) is 0 Å². The molecule has 0 N–H and O–H groups in total. The SMILES string of the molecule is COc1cccc(C)c1C(=O)N1CCCCC1CN1CCOCC1. The molecule has 2 aliphatic rings. The van der Waals surface area contributed by atoms with Crippen molar-refractivity contribution in [3.8, 4) is 5.75 Å². The maximum atomic E-state index is 13.3. The summed E-state index contributed by atoms with van der Waals surface area (Å²) >= 11 is 0. The molecule has 24 heavy (non-hydrogen) atoms. The van der Waals surface area contributed by atoms with Crippen molar-refractivity contribution in [1.82, 2.24) is 9.80 Å². The minimum atomic E-state index is 0.114. The summed E-state index contributed by atoms with van der Waals surface area (Å²) in [7, 11) is 1.63. The van der Waals surface area contributed by atoms with Crippen LogP contribution in [0.4, 0.5) is 0 Å². The smallest absolute Gasteiger partial charge is 0.258 e. The summed E-state index contributed by atoms with van der Waals surface area (Å²) in [6, 6.07) is 6.08. The molecule has 1 amide bonds. The van der Waals surface area contributed by atoms with Crippen LogP contribution in [0.3, 0.4) is 0 Å². The van der Waals surface area contributed by atoms with E-state index in [4.69, 9.17) is 9.47 Å². The molecule has 0 spiro atoms. The van der Waals surface area contributed by atoms with Gasteiger partial charge in [-0.25, -0.2) is 0 Å². The van der Waals surface area contributed by atoms with Gasteiger partial charge in [-0.05, 0) is 37.8 Å². The van der Waals surface area contributed by atoms with Gasteiger partial charge in [0.25, 0.3) is 5.91 Å². The number of methoxy groups -OCH3 is 1. The molecule has 5 heteroatoms. The van der Waals surface area contributed by atoms with Gasteiger partial charge < -0.3 is 14.4 Å². The summed E-state index contributed by atoms with van der Waals surface area (Å²) in [6.07, 6.45) is 3.36. The van der Waals surface area contributed by atoms with Gasteiger partial charge in [0.05, 0.1) is 25.9 Å². The average molecular weight is 332 g/mol. The first kappa shape index (κ1) is 17.2. The molecule has 2 aliphatic heterocycles. The van der Waals surface area contributed by atoms with Gasteiger partial charge in [-0.2, -0.15) is 0 Å². The minimum absolute atomic E-state index is 0.114. The zero-order valence-electron chi connectivity index (χ0n) is 14.8. The summed E-state index contributed by atoms with van der Waals surface area (Å²) in [6.45, 7) is 7.29. The van der Waals surface area contributed by atoms with E-state index in [1.54, 1.807) is 7.11 Å². The van der Waals surface area contributed by atoms with Crippen LogP contribution in [0.5, 0.6) is 5.75 Å². The predicted octanol–water partition coefficient (Wildman–Crippen LogP) is 2.33. The lowest BCUT2D eigenvalue weighted by Crippen LogP contribution is -2.51. The van der Waals surface area contributed by atoms with Crippen LogP contribution in [0, 0.1) is 6.92 Å². The highest BCUT2D eigenvalue weighted by atomic mass is 16.5. The van der Waals surface area contributed by atoms with Gasteiger partial charge >= 0.3 is 0 Å². The number of carbonyl (C=O) groups is 1. The van der Waals surface area contributed by atoms with Gasteiger partial charge in [-0.1, -0.05) is 12.1 Å². The Morgan fingerprint density at radius 3 is 2.79 bits per heavy atom. The van der Waals surface area contributed by atoms with E-state index in [-0.39, 0.29) is 11.9 Å². The van der Waals surface area contributed by atoms with Crippen LogP contribution in [-0.2, 0) is 4.74 Å². The van der Waals surface area contributed by atoms with Crippen molar-refractivity contribution < 1.29 is 14.3 Å². The number of rotatable bonds is 4. The number of carbonyl (C=O) groups excluding carboxylic acids is 1. The maximum absolute atomic E-state index is 13.3. The molecule has 1 aromatic carbocycles. The van der Waals surface area contributed by atoms with E-state index in [0.29, 0.717) is 11.3 Å². The molecule has 0 bridgehead atoms. The van der Waals surface area contributed by atoms with Crippen molar-refractivity contribution in [2.24, 2.45) is 0 Å². The Balaban J connectivity index is 1.78. The van der Waals surface area contributed by atoms with E-state index in [2.05, 4.69) is 9.80 Å². The first-order valence-electron chi connectivity index (χ1n) is 8.95. The van der Waals surface area contributed by atoms with Crippen LogP contribution < -0.4 is 4.74 Å². The van der Waals surface area contributed by atoms with Crippen LogP contribution >= 0.6 is 0 Å². The monoisotopic (exact) mass is 332 g/mol. The number of morpholine rings is 1. The Morgan fingerprint density at radius 1 is 1.25 bits per heavy atom. The van der Waals surface area contributed by atoms with Gasteiger partial charge in [-0.3, -0.25) is 9.69 Å². The highest BCUT2D eigenvalue weighted by molar-refractivity contribution is 5.98. The highest BCUT2D eigenvalue weighted by Gasteiger charge is 2.31. The lowest BCUT2D eigenvalue weighted by molar-refractivity contribution is 0.0165. The van der Waals surface area contributed by atoms with Gasteiger partial charge in [0.1, 0.15) is 5.75 Å². The number of piperidine rings is 1. The first-order chi connectivity index (χ1) is 11.7. The number of likely N-dealkylation sites (tertiary alicyclic amines) is 1. The Hall–Kier alpha value is -1.59. The third-order valence-electron chi connectivity index (χ3n) is 5.13. The predicted molar refractivity (Wildman–Crippen MR) is 93.7 cm³/mol. The molecule has 2 heterocycles. The number of benzene rings is 1. The third kappa shape index (κ3) is 3.73.